The quantitative estimate of drug-likeness (QED) is 0.798. The van der Waals surface area contributed by atoms with Crippen molar-refractivity contribution in [1.29, 1.82) is 0 Å². The van der Waals surface area contributed by atoms with E-state index in [0.29, 0.717) is 22.7 Å². The molecule has 0 unspecified atom stereocenters. The molecule has 0 N–H and O–H groups in total. The number of ether oxygens (including phenoxy) is 1. The first-order chi connectivity index (χ1) is 8.19. The Morgan fingerprint density at radius 1 is 1.06 bits per heavy atom. The Morgan fingerprint density at radius 3 is 2.18 bits per heavy atom. The molecule has 0 aliphatic rings. The van der Waals surface area contributed by atoms with Crippen LogP contribution in [0.5, 0.6) is 0 Å². The normalized spacial score (nSPS) is 10.5. The smallest absolute Gasteiger partial charge is 0.162 e. The first-order valence-corrected chi connectivity index (χ1v) is 5.73. The minimum Gasteiger partial charge on any atom is -0.380 e. The first kappa shape index (κ1) is 12.3. The molecule has 88 valence electrons. The van der Waals surface area contributed by atoms with E-state index in [1.165, 1.54) is 6.07 Å². The van der Waals surface area contributed by atoms with Crippen LogP contribution in [0.15, 0.2) is 30.3 Å². The largest absolute Gasteiger partial charge is 0.380 e. The highest BCUT2D eigenvalue weighted by Crippen LogP contribution is 2.20. The van der Waals surface area contributed by atoms with Gasteiger partial charge in [0.05, 0.1) is 6.61 Å². The van der Waals surface area contributed by atoms with Gasteiger partial charge in [-0.05, 0) is 5.56 Å². The average molecular weight is 269 g/mol. The number of hydrogen-bond acceptors (Lipinski definition) is 3. The Morgan fingerprint density at radius 2 is 1.65 bits per heavy atom. The Balaban J connectivity index is 2.32. The fraction of sp³-hybridized carbons (Fsp3) is 0.167. The van der Waals surface area contributed by atoms with Crippen molar-refractivity contribution in [2.24, 2.45) is 0 Å². The van der Waals surface area contributed by atoms with Crippen LogP contribution < -0.4 is 0 Å². The van der Waals surface area contributed by atoms with Gasteiger partial charge >= 0.3 is 0 Å². The van der Waals surface area contributed by atoms with Crippen LogP contribution in [0, 0.1) is 0 Å². The third-order valence-electron chi connectivity index (χ3n) is 2.19. The van der Waals surface area contributed by atoms with Crippen LogP contribution in [0.2, 0.25) is 10.3 Å². The molecule has 2 rings (SSSR count). The van der Waals surface area contributed by atoms with E-state index in [0.717, 1.165) is 11.1 Å². The minimum absolute atomic E-state index is 0.334. The predicted molar refractivity (Wildman–Crippen MR) is 68.2 cm³/mol. The molecule has 5 heteroatoms. The molecule has 3 nitrogen and oxygen atoms in total. The second kappa shape index (κ2) is 5.45. The van der Waals surface area contributed by atoms with Gasteiger partial charge in [-0.1, -0.05) is 47.5 Å². The lowest BCUT2D eigenvalue weighted by Gasteiger charge is -2.03. The molecular formula is C12H10Cl2N2O. The maximum atomic E-state index is 5.83. The molecule has 0 saturated heterocycles. The molecule has 1 aromatic heterocycles. The summed E-state index contributed by atoms with van der Waals surface area (Å²) < 4.78 is 5.04. The van der Waals surface area contributed by atoms with E-state index in [1.54, 1.807) is 7.11 Å². The standard InChI is InChI=1S/C12H10Cl2N2O/c1-17-7-8-2-4-9(5-3-8)12-15-10(13)6-11(14)16-12/h2-6H,7H2,1H3. The zero-order valence-electron chi connectivity index (χ0n) is 9.15. The number of aromatic nitrogens is 2. The fourth-order valence-corrected chi connectivity index (χ4v) is 1.86. The van der Waals surface area contributed by atoms with Gasteiger partial charge in [-0.15, -0.1) is 0 Å². The minimum atomic E-state index is 0.334. The van der Waals surface area contributed by atoms with Gasteiger partial charge < -0.3 is 4.74 Å². The number of rotatable bonds is 3. The number of halogens is 2. The van der Waals surface area contributed by atoms with Gasteiger partial charge in [0, 0.05) is 18.7 Å². The van der Waals surface area contributed by atoms with E-state index < -0.39 is 0 Å². The summed E-state index contributed by atoms with van der Waals surface area (Å²) in [6, 6.07) is 9.24. The van der Waals surface area contributed by atoms with E-state index in [1.807, 2.05) is 24.3 Å². The third kappa shape index (κ3) is 3.16. The van der Waals surface area contributed by atoms with E-state index in [2.05, 4.69) is 9.97 Å². The predicted octanol–water partition coefficient (Wildman–Crippen LogP) is 3.60. The van der Waals surface area contributed by atoms with Crippen molar-refractivity contribution in [1.82, 2.24) is 9.97 Å². The second-order valence-corrected chi connectivity index (χ2v) is 4.24. The van der Waals surface area contributed by atoms with E-state index in [4.69, 9.17) is 27.9 Å². The molecule has 1 heterocycles. The Bertz CT molecular complexity index is 494. The number of benzene rings is 1. The van der Waals surface area contributed by atoms with Crippen LogP contribution in [0.4, 0.5) is 0 Å². The van der Waals surface area contributed by atoms with Crippen LogP contribution in [0.25, 0.3) is 11.4 Å². The molecule has 17 heavy (non-hydrogen) atoms. The molecule has 0 bridgehead atoms. The second-order valence-electron chi connectivity index (χ2n) is 3.47. The highest BCUT2D eigenvalue weighted by molar-refractivity contribution is 6.33. The van der Waals surface area contributed by atoms with Crippen molar-refractivity contribution in [3.8, 4) is 11.4 Å². The van der Waals surface area contributed by atoms with Crippen molar-refractivity contribution in [2.45, 2.75) is 6.61 Å². The van der Waals surface area contributed by atoms with E-state index >= 15 is 0 Å². The van der Waals surface area contributed by atoms with Crippen molar-refractivity contribution < 1.29 is 4.74 Å². The maximum absolute atomic E-state index is 5.83. The van der Waals surface area contributed by atoms with E-state index in [9.17, 15) is 0 Å². The number of methoxy groups -OCH3 is 1. The molecule has 0 atom stereocenters. The number of nitrogens with zero attached hydrogens (tertiary/aromatic N) is 2. The van der Waals surface area contributed by atoms with Crippen LogP contribution in [-0.4, -0.2) is 17.1 Å². The van der Waals surface area contributed by atoms with Gasteiger partial charge in [0.15, 0.2) is 5.82 Å². The zero-order chi connectivity index (χ0) is 12.3. The van der Waals surface area contributed by atoms with Gasteiger partial charge in [0.1, 0.15) is 10.3 Å². The van der Waals surface area contributed by atoms with Gasteiger partial charge in [0.2, 0.25) is 0 Å². The maximum Gasteiger partial charge on any atom is 0.162 e. The topological polar surface area (TPSA) is 35.0 Å². The Kier molecular flexibility index (Phi) is 3.94. The van der Waals surface area contributed by atoms with Crippen molar-refractivity contribution in [3.05, 3.63) is 46.2 Å². The van der Waals surface area contributed by atoms with Crippen LogP contribution in [0.3, 0.4) is 0 Å². The molecule has 0 fully saturated rings. The molecule has 2 aromatic rings. The first-order valence-electron chi connectivity index (χ1n) is 4.97. The van der Waals surface area contributed by atoms with Crippen LogP contribution in [0.1, 0.15) is 5.56 Å². The summed E-state index contributed by atoms with van der Waals surface area (Å²) in [6.45, 7) is 0.581. The summed E-state index contributed by atoms with van der Waals surface area (Å²) in [5.41, 5.74) is 1.96. The van der Waals surface area contributed by atoms with Gasteiger partial charge in [0.25, 0.3) is 0 Å². The molecule has 0 amide bonds. The molecule has 0 aliphatic carbocycles. The summed E-state index contributed by atoms with van der Waals surface area (Å²) in [7, 11) is 1.66. The molecule has 0 aliphatic heterocycles. The SMILES string of the molecule is COCc1ccc(-c2nc(Cl)cc(Cl)n2)cc1. The lowest BCUT2D eigenvalue weighted by atomic mass is 10.1. The van der Waals surface area contributed by atoms with Crippen LogP contribution in [-0.2, 0) is 11.3 Å². The third-order valence-corrected chi connectivity index (χ3v) is 2.57. The van der Waals surface area contributed by atoms with Crippen LogP contribution >= 0.6 is 23.2 Å². The van der Waals surface area contributed by atoms with Gasteiger partial charge in [-0.2, -0.15) is 0 Å². The summed E-state index contributed by atoms with van der Waals surface area (Å²) in [5.74, 6) is 0.520. The van der Waals surface area contributed by atoms with Crippen molar-refractivity contribution in [3.63, 3.8) is 0 Å². The van der Waals surface area contributed by atoms with Crippen molar-refractivity contribution in [2.75, 3.05) is 7.11 Å². The van der Waals surface area contributed by atoms with Gasteiger partial charge in [-0.25, -0.2) is 9.97 Å². The molecule has 1 aromatic carbocycles. The number of hydrogen-bond donors (Lipinski definition) is 0. The summed E-state index contributed by atoms with van der Waals surface area (Å²) in [4.78, 5) is 8.24. The lowest BCUT2D eigenvalue weighted by Crippen LogP contribution is -1.91. The molecule has 0 radical (unpaired) electrons. The fourth-order valence-electron chi connectivity index (χ4n) is 1.44. The van der Waals surface area contributed by atoms with Crippen molar-refractivity contribution >= 4 is 23.2 Å². The zero-order valence-corrected chi connectivity index (χ0v) is 10.7. The van der Waals surface area contributed by atoms with Gasteiger partial charge in [-0.3, -0.25) is 0 Å². The summed E-state index contributed by atoms with van der Waals surface area (Å²) in [6.07, 6.45) is 0. The highest BCUT2D eigenvalue weighted by Gasteiger charge is 2.04. The monoisotopic (exact) mass is 268 g/mol. The molecule has 0 spiro atoms. The van der Waals surface area contributed by atoms with E-state index in [-0.39, 0.29) is 0 Å². The highest BCUT2D eigenvalue weighted by atomic mass is 35.5. The summed E-state index contributed by atoms with van der Waals surface area (Å²) in [5, 5.41) is 0.668. The average Bonchev–Trinajstić information content (AvgIpc) is 2.29. The Labute approximate surface area is 109 Å². The summed E-state index contributed by atoms with van der Waals surface area (Å²) >= 11 is 11.7. The Hall–Kier alpha value is -1.16. The molecule has 0 saturated carbocycles. The lowest BCUT2D eigenvalue weighted by molar-refractivity contribution is 0.185. The molecular weight excluding hydrogens is 259 g/mol.